The molecule has 1 aliphatic rings. The van der Waals surface area contributed by atoms with Gasteiger partial charge in [0.25, 0.3) is 5.91 Å². The number of nitrogens with zero attached hydrogens (tertiary/aromatic N) is 3. The lowest BCUT2D eigenvalue weighted by Crippen LogP contribution is -2.36. The molecule has 0 unspecified atom stereocenters. The second kappa shape index (κ2) is 8.08. The van der Waals surface area contributed by atoms with Crippen LogP contribution < -0.4 is 10.2 Å². The Morgan fingerprint density at radius 3 is 2.57 bits per heavy atom. The molecule has 1 N–H and O–H groups in total. The first-order valence-electron chi connectivity index (χ1n) is 9.44. The van der Waals surface area contributed by atoms with Gasteiger partial charge in [-0.25, -0.2) is 4.68 Å². The summed E-state index contributed by atoms with van der Waals surface area (Å²) in [7, 11) is 0. The number of benzene rings is 2. The number of amides is 2. The summed E-state index contributed by atoms with van der Waals surface area (Å²) in [4.78, 5) is 26.4. The first-order chi connectivity index (χ1) is 13.7. The van der Waals surface area contributed by atoms with Crippen LogP contribution in [0.15, 0.2) is 66.9 Å². The molecule has 6 heteroatoms. The number of aromatic nitrogens is 2. The van der Waals surface area contributed by atoms with E-state index >= 15 is 0 Å². The number of fused-ring (bicyclic) bond motifs is 1. The fourth-order valence-corrected chi connectivity index (χ4v) is 3.37. The number of rotatable bonds is 6. The van der Waals surface area contributed by atoms with Crippen LogP contribution >= 0.6 is 0 Å². The number of anilines is 1. The zero-order valence-corrected chi connectivity index (χ0v) is 15.5. The standard InChI is InChI=1S/C22H22N4O2/c27-21-12-15-26-20(11-14-24-26)25(21)16-18-6-8-19(9-7-18)22(28)23-13-10-17-4-2-1-3-5-17/h1-9,11,14H,10,12-13,15-16H2,(H,23,28). The molecule has 142 valence electrons. The van der Waals surface area contributed by atoms with Gasteiger partial charge in [0, 0.05) is 24.6 Å². The molecule has 0 fully saturated rings. The van der Waals surface area contributed by atoms with E-state index < -0.39 is 0 Å². The summed E-state index contributed by atoms with van der Waals surface area (Å²) in [6.07, 6.45) is 2.97. The van der Waals surface area contributed by atoms with Crippen LogP contribution in [0.4, 0.5) is 5.82 Å². The van der Waals surface area contributed by atoms with Crippen LogP contribution in [0.3, 0.4) is 0 Å². The second-order valence-electron chi connectivity index (χ2n) is 6.83. The normalized spacial score (nSPS) is 13.3. The van der Waals surface area contributed by atoms with Crippen molar-refractivity contribution in [3.05, 3.63) is 83.6 Å². The van der Waals surface area contributed by atoms with Crippen LogP contribution in [0.2, 0.25) is 0 Å². The summed E-state index contributed by atoms with van der Waals surface area (Å²) in [5.41, 5.74) is 2.79. The van der Waals surface area contributed by atoms with Crippen LogP contribution in [-0.2, 0) is 24.3 Å². The molecule has 0 aliphatic carbocycles. The van der Waals surface area contributed by atoms with E-state index in [1.54, 1.807) is 23.2 Å². The fraction of sp³-hybridized carbons (Fsp3) is 0.227. The maximum atomic E-state index is 12.3. The Kier molecular flexibility index (Phi) is 5.19. The molecule has 0 atom stereocenters. The first kappa shape index (κ1) is 18.0. The van der Waals surface area contributed by atoms with Crippen molar-refractivity contribution in [2.45, 2.75) is 25.9 Å². The Morgan fingerprint density at radius 2 is 1.79 bits per heavy atom. The topological polar surface area (TPSA) is 67.2 Å². The maximum Gasteiger partial charge on any atom is 0.251 e. The minimum Gasteiger partial charge on any atom is -0.352 e. The molecule has 0 saturated heterocycles. The molecular formula is C22H22N4O2. The third-order valence-electron chi connectivity index (χ3n) is 4.91. The predicted molar refractivity (Wildman–Crippen MR) is 107 cm³/mol. The third kappa shape index (κ3) is 3.96. The van der Waals surface area contributed by atoms with Crippen LogP contribution in [0.5, 0.6) is 0 Å². The second-order valence-corrected chi connectivity index (χ2v) is 6.83. The van der Waals surface area contributed by atoms with Crippen LogP contribution in [0, 0.1) is 0 Å². The van der Waals surface area contributed by atoms with E-state index in [1.165, 1.54) is 5.56 Å². The third-order valence-corrected chi connectivity index (χ3v) is 4.91. The zero-order valence-electron chi connectivity index (χ0n) is 15.5. The largest absolute Gasteiger partial charge is 0.352 e. The lowest BCUT2D eigenvalue weighted by atomic mass is 10.1. The van der Waals surface area contributed by atoms with Crippen molar-refractivity contribution in [2.75, 3.05) is 11.4 Å². The van der Waals surface area contributed by atoms with Crippen molar-refractivity contribution in [2.24, 2.45) is 0 Å². The molecule has 6 nitrogen and oxygen atoms in total. The minimum atomic E-state index is -0.0883. The molecule has 0 bridgehead atoms. The molecular weight excluding hydrogens is 352 g/mol. The first-order valence-corrected chi connectivity index (χ1v) is 9.44. The summed E-state index contributed by atoms with van der Waals surface area (Å²) in [5.74, 6) is 0.823. The molecule has 0 radical (unpaired) electrons. The van der Waals surface area contributed by atoms with Gasteiger partial charge in [0.1, 0.15) is 5.82 Å². The van der Waals surface area contributed by atoms with Gasteiger partial charge < -0.3 is 5.32 Å². The van der Waals surface area contributed by atoms with E-state index in [4.69, 9.17) is 0 Å². The van der Waals surface area contributed by atoms with Crippen molar-refractivity contribution in [1.29, 1.82) is 0 Å². The summed E-state index contributed by atoms with van der Waals surface area (Å²) in [6.45, 7) is 1.69. The van der Waals surface area contributed by atoms with Crippen LogP contribution in [0.25, 0.3) is 0 Å². The van der Waals surface area contributed by atoms with Crippen molar-refractivity contribution in [3.63, 3.8) is 0 Å². The van der Waals surface area contributed by atoms with Crippen molar-refractivity contribution in [3.8, 4) is 0 Å². The number of carbonyl (C=O) groups is 2. The van der Waals surface area contributed by atoms with Gasteiger partial charge in [0.2, 0.25) is 5.91 Å². The van der Waals surface area contributed by atoms with E-state index in [9.17, 15) is 9.59 Å². The molecule has 3 aromatic rings. The molecule has 2 aromatic carbocycles. The van der Waals surface area contributed by atoms with E-state index in [1.807, 2.05) is 41.1 Å². The Balaban J connectivity index is 1.35. The van der Waals surface area contributed by atoms with Crippen LogP contribution in [0.1, 0.15) is 27.9 Å². The van der Waals surface area contributed by atoms with Gasteiger partial charge in [-0.2, -0.15) is 5.10 Å². The van der Waals surface area contributed by atoms with E-state index in [2.05, 4.69) is 22.5 Å². The minimum absolute atomic E-state index is 0.0883. The average Bonchev–Trinajstić information content (AvgIpc) is 3.20. The Morgan fingerprint density at radius 1 is 1.00 bits per heavy atom. The molecule has 0 saturated carbocycles. The number of aryl methyl sites for hydroxylation is 1. The van der Waals surface area contributed by atoms with Crippen molar-refractivity contribution < 1.29 is 9.59 Å². The Hall–Kier alpha value is -3.41. The van der Waals surface area contributed by atoms with Gasteiger partial charge in [-0.15, -0.1) is 0 Å². The molecule has 2 amide bonds. The van der Waals surface area contributed by atoms with E-state index in [0.717, 1.165) is 17.8 Å². The predicted octanol–water partition coefficient (Wildman–Crippen LogP) is 2.79. The number of nitrogens with one attached hydrogen (secondary N) is 1. The SMILES string of the molecule is O=C(NCCc1ccccc1)c1ccc(CN2C(=O)CCn3nccc32)cc1. The van der Waals surface area contributed by atoms with Gasteiger partial charge in [0.15, 0.2) is 0 Å². The molecule has 1 aliphatic heterocycles. The number of hydrogen-bond donors (Lipinski definition) is 1. The van der Waals surface area contributed by atoms with E-state index in [-0.39, 0.29) is 11.8 Å². The highest BCUT2D eigenvalue weighted by molar-refractivity contribution is 5.95. The summed E-state index contributed by atoms with van der Waals surface area (Å²) < 4.78 is 1.84. The lowest BCUT2D eigenvalue weighted by molar-refractivity contribution is -0.119. The molecule has 2 heterocycles. The number of hydrogen-bond acceptors (Lipinski definition) is 3. The van der Waals surface area contributed by atoms with Gasteiger partial charge in [-0.05, 0) is 29.7 Å². The highest BCUT2D eigenvalue weighted by Crippen LogP contribution is 2.23. The van der Waals surface area contributed by atoms with Crippen LogP contribution in [-0.4, -0.2) is 28.1 Å². The summed E-state index contributed by atoms with van der Waals surface area (Å²) >= 11 is 0. The van der Waals surface area contributed by atoms with Gasteiger partial charge in [-0.1, -0.05) is 42.5 Å². The molecule has 0 spiro atoms. The number of carbonyl (C=O) groups excluding carboxylic acids is 2. The van der Waals surface area contributed by atoms with Gasteiger partial charge >= 0.3 is 0 Å². The lowest BCUT2D eigenvalue weighted by Gasteiger charge is -2.27. The van der Waals surface area contributed by atoms with Gasteiger partial charge in [-0.3, -0.25) is 14.5 Å². The Bertz CT molecular complexity index is 964. The Labute approximate surface area is 163 Å². The zero-order chi connectivity index (χ0) is 19.3. The fourth-order valence-electron chi connectivity index (χ4n) is 3.37. The highest BCUT2D eigenvalue weighted by atomic mass is 16.2. The quantitative estimate of drug-likeness (QED) is 0.721. The van der Waals surface area contributed by atoms with Crippen molar-refractivity contribution >= 4 is 17.6 Å². The van der Waals surface area contributed by atoms with Crippen molar-refractivity contribution in [1.82, 2.24) is 15.1 Å². The molecule has 28 heavy (non-hydrogen) atoms. The summed E-state index contributed by atoms with van der Waals surface area (Å²) in [5, 5.41) is 7.19. The molecule has 1 aromatic heterocycles. The highest BCUT2D eigenvalue weighted by Gasteiger charge is 2.24. The smallest absolute Gasteiger partial charge is 0.251 e. The monoisotopic (exact) mass is 374 g/mol. The summed E-state index contributed by atoms with van der Waals surface area (Å²) in [6, 6.07) is 19.3. The molecule has 4 rings (SSSR count). The average molecular weight is 374 g/mol. The maximum absolute atomic E-state index is 12.3. The van der Waals surface area contributed by atoms with Gasteiger partial charge in [0.05, 0.1) is 19.3 Å². The van der Waals surface area contributed by atoms with E-state index in [0.29, 0.717) is 31.6 Å².